The number of furan rings is 1. The smallest absolute Gasteiger partial charge is 0.296 e. The molecular weight excluding hydrogens is 380 g/mol. The molecule has 0 N–H and O–H groups in total. The van der Waals surface area contributed by atoms with Gasteiger partial charge in [-0.1, -0.05) is 72.0 Å². The number of aryl methyl sites for hydroxylation is 1. The zero-order chi connectivity index (χ0) is 19.8. The Morgan fingerprint density at radius 1 is 1.00 bits per heavy atom. The summed E-state index contributed by atoms with van der Waals surface area (Å²) in [5, 5.41) is 1.58. The van der Waals surface area contributed by atoms with Gasteiger partial charge in [-0.25, -0.2) is 4.98 Å². The van der Waals surface area contributed by atoms with E-state index >= 15 is 0 Å². The van der Waals surface area contributed by atoms with Crippen LogP contribution in [0.3, 0.4) is 0 Å². The van der Waals surface area contributed by atoms with E-state index in [1.807, 2.05) is 79.7 Å². The molecule has 0 bridgehead atoms. The molecule has 0 spiro atoms. The van der Waals surface area contributed by atoms with Gasteiger partial charge < -0.3 is 4.42 Å². The van der Waals surface area contributed by atoms with E-state index in [1.165, 1.54) is 11.3 Å². The molecule has 1 amide bonds. The summed E-state index contributed by atoms with van der Waals surface area (Å²) < 4.78 is 6.92. The normalized spacial score (nSPS) is 11.2. The molecule has 2 aromatic heterocycles. The average Bonchev–Trinajstić information content (AvgIpc) is 3.37. The molecule has 0 aliphatic carbocycles. The summed E-state index contributed by atoms with van der Waals surface area (Å²) in [7, 11) is 0. The lowest BCUT2D eigenvalue weighted by atomic mass is 10.2. The van der Waals surface area contributed by atoms with Crippen molar-refractivity contribution in [3.05, 3.63) is 95.7 Å². The number of rotatable bonds is 4. The van der Waals surface area contributed by atoms with Crippen molar-refractivity contribution in [2.24, 2.45) is 0 Å². The maximum Gasteiger partial charge on any atom is 0.296 e. The van der Waals surface area contributed by atoms with Crippen molar-refractivity contribution in [1.29, 1.82) is 0 Å². The number of fused-ring (bicyclic) bond motifs is 2. The minimum Gasteiger partial charge on any atom is -0.451 e. The van der Waals surface area contributed by atoms with Gasteiger partial charge in [0.25, 0.3) is 5.91 Å². The molecular formula is C24H18N2O2S. The quantitative estimate of drug-likeness (QED) is 0.362. The summed E-state index contributed by atoms with van der Waals surface area (Å²) in [5.74, 6) is 0.125. The second-order valence-electron chi connectivity index (χ2n) is 6.94. The highest BCUT2D eigenvalue weighted by Gasteiger charge is 2.25. The van der Waals surface area contributed by atoms with E-state index in [4.69, 9.17) is 9.40 Å². The standard InChI is InChI=1S/C24H18N2O2S/c1-16-8-7-13-21-22(16)25-24(29-21)26(15-17-9-3-2-4-10-17)23(27)20-14-18-11-5-6-12-19(18)28-20/h2-14H,15H2,1H3. The van der Waals surface area contributed by atoms with Gasteiger partial charge in [-0.05, 0) is 36.2 Å². The molecule has 0 unspecified atom stereocenters. The second-order valence-corrected chi connectivity index (χ2v) is 7.95. The molecule has 0 aliphatic heterocycles. The van der Waals surface area contributed by atoms with Crippen LogP contribution in [-0.4, -0.2) is 10.9 Å². The number of carbonyl (C=O) groups is 1. The zero-order valence-corrected chi connectivity index (χ0v) is 16.6. The van der Waals surface area contributed by atoms with Gasteiger partial charge >= 0.3 is 0 Å². The van der Waals surface area contributed by atoms with Crippen LogP contribution in [-0.2, 0) is 6.54 Å². The number of nitrogens with zero attached hydrogens (tertiary/aromatic N) is 2. The molecule has 29 heavy (non-hydrogen) atoms. The van der Waals surface area contributed by atoms with E-state index in [-0.39, 0.29) is 5.91 Å². The van der Waals surface area contributed by atoms with Crippen LogP contribution in [0.25, 0.3) is 21.2 Å². The molecule has 0 fully saturated rings. The Hall–Kier alpha value is -3.44. The lowest BCUT2D eigenvalue weighted by Gasteiger charge is -2.18. The summed E-state index contributed by atoms with van der Waals surface area (Å²) in [6.07, 6.45) is 0. The Labute approximate surface area is 172 Å². The molecule has 0 saturated carbocycles. The van der Waals surface area contributed by atoms with Gasteiger partial charge in [0.1, 0.15) is 5.58 Å². The third kappa shape index (κ3) is 3.30. The van der Waals surface area contributed by atoms with Crippen LogP contribution in [0.5, 0.6) is 0 Å². The molecule has 142 valence electrons. The third-order valence-electron chi connectivity index (χ3n) is 4.91. The van der Waals surface area contributed by atoms with E-state index in [0.717, 1.165) is 26.7 Å². The lowest BCUT2D eigenvalue weighted by molar-refractivity contribution is 0.0960. The maximum atomic E-state index is 13.5. The second kappa shape index (κ2) is 7.18. The number of para-hydroxylation sites is 2. The fourth-order valence-electron chi connectivity index (χ4n) is 3.40. The van der Waals surface area contributed by atoms with Gasteiger partial charge in [0.2, 0.25) is 0 Å². The SMILES string of the molecule is Cc1cccc2sc(N(Cc3ccccc3)C(=O)c3cc4ccccc4o3)nc12. The first-order valence-electron chi connectivity index (χ1n) is 9.39. The highest BCUT2D eigenvalue weighted by atomic mass is 32.1. The monoisotopic (exact) mass is 398 g/mol. The van der Waals surface area contributed by atoms with Gasteiger partial charge in [-0.2, -0.15) is 0 Å². The number of thiazole rings is 1. The minimum absolute atomic E-state index is 0.193. The van der Waals surface area contributed by atoms with Crippen molar-refractivity contribution >= 4 is 43.6 Å². The number of hydrogen-bond donors (Lipinski definition) is 0. The van der Waals surface area contributed by atoms with Gasteiger partial charge in [0.15, 0.2) is 10.9 Å². The number of amides is 1. The molecule has 5 rings (SSSR count). The average molecular weight is 398 g/mol. The molecule has 3 aromatic carbocycles. The predicted molar refractivity (Wildman–Crippen MR) is 118 cm³/mol. The Bertz CT molecular complexity index is 1290. The molecule has 0 atom stereocenters. The predicted octanol–water partition coefficient (Wildman–Crippen LogP) is 6.20. The summed E-state index contributed by atoms with van der Waals surface area (Å²) in [6, 6.07) is 25.5. The van der Waals surface area contributed by atoms with Crippen molar-refractivity contribution in [3.8, 4) is 0 Å². The topological polar surface area (TPSA) is 46.3 Å². The van der Waals surface area contributed by atoms with Crippen LogP contribution >= 0.6 is 11.3 Å². The summed E-state index contributed by atoms with van der Waals surface area (Å²) in [4.78, 5) is 20.0. The number of anilines is 1. The van der Waals surface area contributed by atoms with Gasteiger partial charge in [0.05, 0.1) is 16.8 Å². The van der Waals surface area contributed by atoms with Crippen LogP contribution in [0.15, 0.2) is 83.3 Å². The van der Waals surface area contributed by atoms with Crippen LogP contribution in [0.2, 0.25) is 0 Å². The number of carbonyl (C=O) groups excluding carboxylic acids is 1. The molecule has 0 aliphatic rings. The molecule has 2 heterocycles. The maximum absolute atomic E-state index is 13.5. The minimum atomic E-state index is -0.193. The van der Waals surface area contributed by atoms with Gasteiger partial charge in [0, 0.05) is 5.39 Å². The molecule has 4 nitrogen and oxygen atoms in total. The highest BCUT2D eigenvalue weighted by Crippen LogP contribution is 2.33. The number of hydrogen-bond acceptors (Lipinski definition) is 4. The van der Waals surface area contributed by atoms with Crippen LogP contribution < -0.4 is 4.90 Å². The lowest BCUT2D eigenvalue weighted by Crippen LogP contribution is -2.30. The Balaban J connectivity index is 1.60. The van der Waals surface area contributed by atoms with E-state index in [9.17, 15) is 4.79 Å². The van der Waals surface area contributed by atoms with E-state index in [2.05, 4.69) is 0 Å². The van der Waals surface area contributed by atoms with Gasteiger partial charge in [-0.15, -0.1) is 0 Å². The highest BCUT2D eigenvalue weighted by molar-refractivity contribution is 7.22. The van der Waals surface area contributed by atoms with Crippen LogP contribution in [0, 0.1) is 6.92 Å². The Kier molecular flexibility index (Phi) is 4.37. The van der Waals surface area contributed by atoms with E-state index in [1.54, 1.807) is 11.0 Å². The van der Waals surface area contributed by atoms with Gasteiger partial charge in [-0.3, -0.25) is 9.69 Å². The van der Waals surface area contributed by atoms with Crippen LogP contribution in [0.4, 0.5) is 5.13 Å². The van der Waals surface area contributed by atoms with Crippen molar-refractivity contribution in [3.63, 3.8) is 0 Å². The third-order valence-corrected chi connectivity index (χ3v) is 5.95. The van der Waals surface area contributed by atoms with E-state index < -0.39 is 0 Å². The molecule has 0 saturated heterocycles. The first kappa shape index (κ1) is 17.6. The van der Waals surface area contributed by atoms with Crippen molar-refractivity contribution < 1.29 is 9.21 Å². The summed E-state index contributed by atoms with van der Waals surface area (Å²) in [6.45, 7) is 2.46. The molecule has 5 aromatic rings. The van der Waals surface area contributed by atoms with Crippen LogP contribution in [0.1, 0.15) is 21.7 Å². The van der Waals surface area contributed by atoms with E-state index in [0.29, 0.717) is 23.0 Å². The Morgan fingerprint density at radius 2 is 1.79 bits per heavy atom. The van der Waals surface area contributed by atoms with Crippen molar-refractivity contribution in [2.75, 3.05) is 4.90 Å². The largest absolute Gasteiger partial charge is 0.451 e. The number of benzene rings is 3. The zero-order valence-electron chi connectivity index (χ0n) is 15.8. The van der Waals surface area contributed by atoms with Crippen molar-refractivity contribution in [2.45, 2.75) is 13.5 Å². The molecule has 0 radical (unpaired) electrons. The fourth-order valence-corrected chi connectivity index (χ4v) is 4.44. The summed E-state index contributed by atoms with van der Waals surface area (Å²) in [5.41, 5.74) is 3.77. The molecule has 5 heteroatoms. The summed E-state index contributed by atoms with van der Waals surface area (Å²) >= 11 is 1.52. The first-order valence-corrected chi connectivity index (χ1v) is 10.2. The fraction of sp³-hybridized carbons (Fsp3) is 0.0833. The van der Waals surface area contributed by atoms with Crippen molar-refractivity contribution in [1.82, 2.24) is 4.98 Å². The Morgan fingerprint density at radius 3 is 2.59 bits per heavy atom. The number of aromatic nitrogens is 1. The first-order chi connectivity index (χ1) is 14.2.